The molecule has 116 valence electrons. The van der Waals surface area contributed by atoms with Gasteiger partial charge in [0.25, 0.3) is 0 Å². The van der Waals surface area contributed by atoms with Gasteiger partial charge >= 0.3 is 0 Å². The standard InChI is InChI=1S/C15H18N4O2S/c20-22(21,14-6-3-8-16-11-14)18-13-5-4-10-19(12-13)15-7-1-2-9-17-15/h1-3,6-9,11,13,18H,4-5,10,12H2. The molecule has 1 aliphatic heterocycles. The molecule has 7 heteroatoms. The fourth-order valence-corrected chi connectivity index (χ4v) is 3.84. The maximum Gasteiger partial charge on any atom is 0.242 e. The van der Waals surface area contributed by atoms with Crippen LogP contribution in [0.1, 0.15) is 12.8 Å². The van der Waals surface area contributed by atoms with Crippen molar-refractivity contribution < 1.29 is 8.42 Å². The van der Waals surface area contributed by atoms with Crippen LogP contribution < -0.4 is 9.62 Å². The van der Waals surface area contributed by atoms with Crippen molar-refractivity contribution in [2.45, 2.75) is 23.8 Å². The molecule has 1 aliphatic rings. The highest BCUT2D eigenvalue weighted by Gasteiger charge is 2.25. The van der Waals surface area contributed by atoms with Crippen molar-refractivity contribution in [3.8, 4) is 0 Å². The highest BCUT2D eigenvalue weighted by molar-refractivity contribution is 7.89. The molecule has 2 aromatic heterocycles. The minimum absolute atomic E-state index is 0.124. The first kappa shape index (κ1) is 14.9. The number of pyridine rings is 2. The number of rotatable bonds is 4. The van der Waals surface area contributed by atoms with Gasteiger partial charge in [-0.1, -0.05) is 6.07 Å². The molecule has 0 amide bonds. The smallest absolute Gasteiger partial charge is 0.242 e. The summed E-state index contributed by atoms with van der Waals surface area (Å²) < 4.78 is 27.5. The van der Waals surface area contributed by atoms with E-state index in [-0.39, 0.29) is 10.9 Å². The van der Waals surface area contributed by atoms with Gasteiger partial charge in [0.15, 0.2) is 0 Å². The van der Waals surface area contributed by atoms with Crippen molar-refractivity contribution >= 4 is 15.8 Å². The second-order valence-corrected chi connectivity index (χ2v) is 7.00. The molecular weight excluding hydrogens is 300 g/mol. The van der Waals surface area contributed by atoms with Gasteiger partial charge in [-0.15, -0.1) is 0 Å². The predicted molar refractivity (Wildman–Crippen MR) is 84.0 cm³/mol. The lowest BCUT2D eigenvalue weighted by molar-refractivity contribution is 0.464. The molecule has 22 heavy (non-hydrogen) atoms. The largest absolute Gasteiger partial charge is 0.355 e. The number of anilines is 1. The average molecular weight is 318 g/mol. The predicted octanol–water partition coefficient (Wildman–Crippen LogP) is 1.42. The van der Waals surface area contributed by atoms with E-state index in [1.54, 1.807) is 24.5 Å². The monoisotopic (exact) mass is 318 g/mol. The van der Waals surface area contributed by atoms with E-state index in [4.69, 9.17) is 0 Å². The first-order valence-corrected chi connectivity index (χ1v) is 8.72. The number of aromatic nitrogens is 2. The van der Waals surface area contributed by atoms with Gasteiger partial charge in [-0.05, 0) is 37.1 Å². The van der Waals surface area contributed by atoms with E-state index in [0.29, 0.717) is 6.54 Å². The van der Waals surface area contributed by atoms with Crippen molar-refractivity contribution in [3.63, 3.8) is 0 Å². The Morgan fingerprint density at radius 2 is 2.09 bits per heavy atom. The number of nitrogens with zero attached hydrogens (tertiary/aromatic N) is 3. The van der Waals surface area contributed by atoms with E-state index in [1.807, 2.05) is 18.2 Å². The van der Waals surface area contributed by atoms with Crippen LogP contribution >= 0.6 is 0 Å². The molecule has 2 aromatic rings. The van der Waals surface area contributed by atoms with E-state index < -0.39 is 10.0 Å². The molecule has 1 saturated heterocycles. The Morgan fingerprint density at radius 1 is 1.18 bits per heavy atom. The Bertz CT molecular complexity index is 707. The molecule has 6 nitrogen and oxygen atoms in total. The van der Waals surface area contributed by atoms with Crippen LogP contribution in [0.15, 0.2) is 53.8 Å². The molecule has 1 unspecified atom stereocenters. The van der Waals surface area contributed by atoms with Crippen LogP contribution in [0, 0.1) is 0 Å². The Labute approximate surface area is 130 Å². The topological polar surface area (TPSA) is 75.2 Å². The van der Waals surface area contributed by atoms with Gasteiger partial charge in [-0.25, -0.2) is 18.1 Å². The highest BCUT2D eigenvalue weighted by atomic mass is 32.2. The molecule has 1 N–H and O–H groups in total. The third-order valence-corrected chi connectivity index (χ3v) is 5.17. The molecule has 0 aromatic carbocycles. The SMILES string of the molecule is O=S(=O)(NC1CCCN(c2ccccn2)C1)c1cccnc1. The second kappa shape index (κ2) is 6.41. The van der Waals surface area contributed by atoms with Gasteiger partial charge in [0, 0.05) is 37.7 Å². The van der Waals surface area contributed by atoms with Crippen molar-refractivity contribution in [1.29, 1.82) is 0 Å². The molecule has 0 aliphatic carbocycles. The lowest BCUT2D eigenvalue weighted by atomic mass is 10.1. The highest BCUT2D eigenvalue weighted by Crippen LogP contribution is 2.18. The Hall–Kier alpha value is -1.99. The van der Waals surface area contributed by atoms with Crippen molar-refractivity contribution in [2.24, 2.45) is 0 Å². The van der Waals surface area contributed by atoms with E-state index in [9.17, 15) is 8.42 Å². The molecule has 0 spiro atoms. The van der Waals surface area contributed by atoms with Gasteiger partial charge in [-0.3, -0.25) is 4.98 Å². The first-order chi connectivity index (χ1) is 10.6. The number of nitrogens with one attached hydrogen (secondary N) is 1. The molecule has 0 radical (unpaired) electrons. The minimum Gasteiger partial charge on any atom is -0.355 e. The van der Waals surface area contributed by atoms with E-state index >= 15 is 0 Å². The van der Waals surface area contributed by atoms with Gasteiger partial charge in [0.2, 0.25) is 10.0 Å². The Balaban J connectivity index is 1.71. The van der Waals surface area contributed by atoms with Crippen LogP contribution in [0.5, 0.6) is 0 Å². The lowest BCUT2D eigenvalue weighted by Crippen LogP contribution is -2.48. The quantitative estimate of drug-likeness (QED) is 0.923. The van der Waals surface area contributed by atoms with Crippen LogP contribution in [0.2, 0.25) is 0 Å². The summed E-state index contributed by atoms with van der Waals surface area (Å²) in [7, 11) is -3.53. The number of hydrogen-bond donors (Lipinski definition) is 1. The first-order valence-electron chi connectivity index (χ1n) is 7.23. The maximum atomic E-state index is 12.4. The molecule has 3 rings (SSSR count). The molecule has 0 bridgehead atoms. The van der Waals surface area contributed by atoms with Gasteiger partial charge in [0.1, 0.15) is 10.7 Å². The van der Waals surface area contributed by atoms with Crippen LogP contribution in [-0.4, -0.2) is 37.5 Å². The summed E-state index contributed by atoms with van der Waals surface area (Å²) in [6, 6.07) is 8.80. The van der Waals surface area contributed by atoms with Crippen molar-refractivity contribution in [2.75, 3.05) is 18.0 Å². The third-order valence-electron chi connectivity index (χ3n) is 3.66. The summed E-state index contributed by atoms with van der Waals surface area (Å²) in [6.07, 6.45) is 6.42. The zero-order valence-corrected chi connectivity index (χ0v) is 12.9. The van der Waals surface area contributed by atoms with Crippen molar-refractivity contribution in [3.05, 3.63) is 48.9 Å². The number of hydrogen-bond acceptors (Lipinski definition) is 5. The summed E-state index contributed by atoms with van der Waals surface area (Å²) in [5, 5.41) is 0. The summed E-state index contributed by atoms with van der Waals surface area (Å²) in [5.74, 6) is 0.882. The van der Waals surface area contributed by atoms with E-state index in [2.05, 4.69) is 19.6 Å². The van der Waals surface area contributed by atoms with Crippen LogP contribution in [-0.2, 0) is 10.0 Å². The Morgan fingerprint density at radius 3 is 2.82 bits per heavy atom. The van der Waals surface area contributed by atoms with Crippen molar-refractivity contribution in [1.82, 2.24) is 14.7 Å². The summed E-state index contributed by atoms with van der Waals surface area (Å²) in [4.78, 5) is 10.5. The third kappa shape index (κ3) is 3.42. The summed E-state index contributed by atoms with van der Waals surface area (Å²) >= 11 is 0. The average Bonchev–Trinajstić information content (AvgIpc) is 2.56. The second-order valence-electron chi connectivity index (χ2n) is 5.28. The van der Waals surface area contributed by atoms with Crippen LogP contribution in [0.3, 0.4) is 0 Å². The van der Waals surface area contributed by atoms with Crippen LogP contribution in [0.4, 0.5) is 5.82 Å². The zero-order valence-electron chi connectivity index (χ0n) is 12.1. The number of piperidine rings is 1. The number of sulfonamides is 1. The normalized spacial score (nSPS) is 19.1. The minimum atomic E-state index is -3.53. The lowest BCUT2D eigenvalue weighted by Gasteiger charge is -2.33. The fraction of sp³-hybridized carbons (Fsp3) is 0.333. The summed E-state index contributed by atoms with van der Waals surface area (Å²) in [5.41, 5.74) is 0. The molecule has 1 fully saturated rings. The maximum absolute atomic E-state index is 12.4. The molecule has 3 heterocycles. The molecule has 1 atom stereocenters. The van der Waals surface area contributed by atoms with Gasteiger partial charge in [0.05, 0.1) is 0 Å². The zero-order chi connectivity index (χ0) is 15.4. The molecule has 0 saturated carbocycles. The van der Waals surface area contributed by atoms with E-state index in [1.165, 1.54) is 6.20 Å². The van der Waals surface area contributed by atoms with Gasteiger partial charge < -0.3 is 4.90 Å². The Kier molecular flexibility index (Phi) is 4.35. The summed E-state index contributed by atoms with van der Waals surface area (Å²) in [6.45, 7) is 1.51. The molecular formula is C15H18N4O2S. The van der Waals surface area contributed by atoms with E-state index in [0.717, 1.165) is 25.2 Å². The van der Waals surface area contributed by atoms with Crippen LogP contribution in [0.25, 0.3) is 0 Å². The fourth-order valence-electron chi connectivity index (χ4n) is 2.62. The van der Waals surface area contributed by atoms with Gasteiger partial charge in [-0.2, -0.15) is 0 Å².